The van der Waals surface area contributed by atoms with E-state index in [0.717, 1.165) is 17.5 Å². The normalized spacial score (nSPS) is 12.2. The summed E-state index contributed by atoms with van der Waals surface area (Å²) in [4.78, 5) is 31.0. The predicted octanol–water partition coefficient (Wildman–Crippen LogP) is 3.38. The topological polar surface area (TPSA) is 92.2 Å². The zero-order chi connectivity index (χ0) is 22.8. The Morgan fingerprint density at radius 2 is 1.94 bits per heavy atom. The van der Waals surface area contributed by atoms with Crippen molar-refractivity contribution in [2.45, 2.75) is 39.7 Å². The fourth-order valence-corrected chi connectivity index (χ4v) is 3.85. The van der Waals surface area contributed by atoms with E-state index in [9.17, 15) is 9.59 Å². The molecule has 3 heterocycles. The number of fused-ring (bicyclic) bond motifs is 2. The van der Waals surface area contributed by atoms with E-state index in [-0.39, 0.29) is 28.6 Å². The van der Waals surface area contributed by atoms with Crippen molar-refractivity contribution in [2.24, 2.45) is 0 Å². The van der Waals surface area contributed by atoms with E-state index in [2.05, 4.69) is 10.3 Å². The van der Waals surface area contributed by atoms with Crippen LogP contribution in [-0.2, 0) is 6.42 Å². The van der Waals surface area contributed by atoms with Crippen LogP contribution in [0.15, 0.2) is 59.5 Å². The number of hydrogen-bond acceptors (Lipinski definition) is 4. The number of amides is 1. The summed E-state index contributed by atoms with van der Waals surface area (Å²) in [5.41, 5.74) is 3.00. The van der Waals surface area contributed by atoms with Crippen LogP contribution in [-0.4, -0.2) is 26.4 Å². The number of rotatable bonds is 6. The molecule has 0 spiro atoms. The molecule has 164 valence electrons. The average Bonchev–Trinajstić information content (AvgIpc) is 2.79. The largest absolute Gasteiger partial charge is 0.352 e. The number of nitrogens with one attached hydrogen (secondary N) is 2. The standard InChI is InChI=1S/C25H27N5O2/c1-4-17(3)30-22(26)19(24(31)27-13-12-18-8-6-5-7-9-18)14-20-23(30)28-21-11-10-16(2)15-29(21)25(20)32/h5-11,14-15,17,26H,4,12-13H2,1-3H3,(H,27,31)/t17-/m0/s1. The molecule has 7 nitrogen and oxygen atoms in total. The summed E-state index contributed by atoms with van der Waals surface area (Å²) in [6, 6.07) is 15.0. The molecule has 0 saturated heterocycles. The van der Waals surface area contributed by atoms with E-state index in [1.807, 2.05) is 57.2 Å². The molecule has 4 aromatic rings. The Labute approximate surface area is 185 Å². The van der Waals surface area contributed by atoms with Gasteiger partial charge in [-0.2, -0.15) is 0 Å². The minimum Gasteiger partial charge on any atom is -0.352 e. The van der Waals surface area contributed by atoms with Crippen LogP contribution in [0.2, 0.25) is 0 Å². The SMILES string of the molecule is CC[C@H](C)n1c(=N)c(C(=O)NCCc2ccccc2)cc2c(=O)n3cc(C)ccc3nc21. The second-order valence-electron chi connectivity index (χ2n) is 8.11. The maximum atomic E-state index is 13.3. The highest BCUT2D eigenvalue weighted by atomic mass is 16.1. The second kappa shape index (κ2) is 8.78. The van der Waals surface area contributed by atoms with E-state index in [1.165, 1.54) is 10.5 Å². The van der Waals surface area contributed by atoms with Gasteiger partial charge in [-0.15, -0.1) is 0 Å². The van der Waals surface area contributed by atoms with Crippen molar-refractivity contribution in [1.82, 2.24) is 19.3 Å². The Morgan fingerprint density at radius 3 is 2.66 bits per heavy atom. The molecule has 0 saturated carbocycles. The van der Waals surface area contributed by atoms with E-state index in [0.29, 0.717) is 29.6 Å². The van der Waals surface area contributed by atoms with Crippen molar-refractivity contribution in [3.63, 3.8) is 0 Å². The molecule has 0 fully saturated rings. The lowest BCUT2D eigenvalue weighted by atomic mass is 10.1. The van der Waals surface area contributed by atoms with Crippen molar-refractivity contribution < 1.29 is 4.79 Å². The number of pyridine rings is 2. The van der Waals surface area contributed by atoms with Crippen molar-refractivity contribution in [1.29, 1.82) is 5.41 Å². The molecular formula is C25H27N5O2. The third-order valence-electron chi connectivity index (χ3n) is 5.82. The fraction of sp³-hybridized carbons (Fsp3) is 0.280. The predicted molar refractivity (Wildman–Crippen MR) is 125 cm³/mol. The highest BCUT2D eigenvalue weighted by Crippen LogP contribution is 2.17. The van der Waals surface area contributed by atoms with Gasteiger partial charge in [-0.3, -0.25) is 19.4 Å². The molecule has 0 bridgehead atoms. The van der Waals surface area contributed by atoms with Gasteiger partial charge in [-0.25, -0.2) is 4.98 Å². The number of nitrogens with zero attached hydrogens (tertiary/aromatic N) is 3. The van der Waals surface area contributed by atoms with Crippen LogP contribution in [0.5, 0.6) is 0 Å². The molecule has 32 heavy (non-hydrogen) atoms. The Balaban J connectivity index is 1.81. The van der Waals surface area contributed by atoms with Crippen LogP contribution >= 0.6 is 0 Å². The lowest BCUT2D eigenvalue weighted by molar-refractivity contribution is 0.0951. The van der Waals surface area contributed by atoms with Gasteiger partial charge in [0.05, 0.1) is 10.9 Å². The molecule has 0 radical (unpaired) electrons. The van der Waals surface area contributed by atoms with Crippen LogP contribution < -0.4 is 16.4 Å². The summed E-state index contributed by atoms with van der Waals surface area (Å²) in [6.07, 6.45) is 3.17. The van der Waals surface area contributed by atoms with Gasteiger partial charge in [0.2, 0.25) is 0 Å². The van der Waals surface area contributed by atoms with Crippen LogP contribution in [0, 0.1) is 12.3 Å². The van der Waals surface area contributed by atoms with Crippen LogP contribution in [0.1, 0.15) is 47.8 Å². The molecule has 1 atom stereocenters. The minimum atomic E-state index is -0.362. The Morgan fingerprint density at radius 1 is 1.19 bits per heavy atom. The smallest absolute Gasteiger partial charge is 0.267 e. The summed E-state index contributed by atoms with van der Waals surface area (Å²) < 4.78 is 3.20. The fourth-order valence-electron chi connectivity index (χ4n) is 3.85. The zero-order valence-corrected chi connectivity index (χ0v) is 18.6. The lowest BCUT2D eigenvalue weighted by Crippen LogP contribution is -2.36. The van der Waals surface area contributed by atoms with E-state index in [1.54, 1.807) is 16.8 Å². The maximum Gasteiger partial charge on any atom is 0.267 e. The van der Waals surface area contributed by atoms with Crippen molar-refractivity contribution in [3.05, 3.63) is 87.3 Å². The third kappa shape index (κ3) is 3.93. The third-order valence-corrected chi connectivity index (χ3v) is 5.82. The first kappa shape index (κ1) is 21.5. The van der Waals surface area contributed by atoms with Gasteiger partial charge in [-0.05, 0) is 49.9 Å². The first-order valence-corrected chi connectivity index (χ1v) is 10.9. The van der Waals surface area contributed by atoms with Crippen LogP contribution in [0.25, 0.3) is 16.7 Å². The van der Waals surface area contributed by atoms with Crippen molar-refractivity contribution in [3.8, 4) is 0 Å². The number of hydrogen-bond donors (Lipinski definition) is 2. The number of carbonyl (C=O) groups is 1. The molecule has 0 aliphatic carbocycles. The molecule has 0 aliphatic rings. The van der Waals surface area contributed by atoms with Crippen molar-refractivity contribution >= 4 is 22.6 Å². The van der Waals surface area contributed by atoms with Gasteiger partial charge in [0.1, 0.15) is 16.8 Å². The Bertz CT molecular complexity index is 1420. The number of benzene rings is 1. The van der Waals surface area contributed by atoms with E-state index >= 15 is 0 Å². The van der Waals surface area contributed by atoms with Crippen LogP contribution in [0.4, 0.5) is 0 Å². The number of carbonyl (C=O) groups excluding carboxylic acids is 1. The van der Waals surface area contributed by atoms with Crippen LogP contribution in [0.3, 0.4) is 0 Å². The summed E-state index contributed by atoms with van der Waals surface area (Å²) >= 11 is 0. The summed E-state index contributed by atoms with van der Waals surface area (Å²) in [5, 5.41) is 12.0. The lowest BCUT2D eigenvalue weighted by Gasteiger charge is -2.19. The average molecular weight is 430 g/mol. The molecule has 0 unspecified atom stereocenters. The summed E-state index contributed by atoms with van der Waals surface area (Å²) in [5.74, 6) is -0.362. The van der Waals surface area contributed by atoms with E-state index < -0.39 is 0 Å². The van der Waals surface area contributed by atoms with Gasteiger partial charge < -0.3 is 9.88 Å². The highest BCUT2D eigenvalue weighted by Gasteiger charge is 2.19. The van der Waals surface area contributed by atoms with E-state index in [4.69, 9.17) is 5.41 Å². The Kier molecular flexibility index (Phi) is 5.90. The zero-order valence-electron chi connectivity index (χ0n) is 18.6. The Hall–Kier alpha value is -3.74. The van der Waals surface area contributed by atoms with Gasteiger partial charge in [0, 0.05) is 18.8 Å². The quantitative estimate of drug-likeness (QED) is 0.460. The molecule has 0 aliphatic heterocycles. The molecule has 2 N–H and O–H groups in total. The number of aryl methyl sites for hydroxylation is 1. The molecule has 1 amide bonds. The molecule has 3 aromatic heterocycles. The van der Waals surface area contributed by atoms with Gasteiger partial charge in [-0.1, -0.05) is 43.3 Å². The van der Waals surface area contributed by atoms with Gasteiger partial charge in [0.15, 0.2) is 0 Å². The minimum absolute atomic E-state index is 0.0624. The monoisotopic (exact) mass is 429 g/mol. The summed E-state index contributed by atoms with van der Waals surface area (Å²) in [7, 11) is 0. The second-order valence-corrected chi connectivity index (χ2v) is 8.11. The van der Waals surface area contributed by atoms with Gasteiger partial charge >= 0.3 is 0 Å². The first-order chi connectivity index (χ1) is 15.4. The summed E-state index contributed by atoms with van der Waals surface area (Å²) in [6.45, 7) is 6.33. The highest BCUT2D eigenvalue weighted by molar-refractivity contribution is 5.96. The first-order valence-electron chi connectivity index (χ1n) is 10.9. The van der Waals surface area contributed by atoms with Gasteiger partial charge in [0.25, 0.3) is 11.5 Å². The molecule has 4 rings (SSSR count). The molecule has 7 heteroatoms. The molecule has 1 aromatic carbocycles. The van der Waals surface area contributed by atoms with Crippen molar-refractivity contribution in [2.75, 3.05) is 6.54 Å². The molecular weight excluding hydrogens is 402 g/mol. The maximum absolute atomic E-state index is 13.3. The number of aromatic nitrogens is 3.